The van der Waals surface area contributed by atoms with Gasteiger partial charge < -0.3 is 14.0 Å². The molecular formula is C35H29BrN4O3. The summed E-state index contributed by atoms with van der Waals surface area (Å²) in [4.78, 5) is 12.9. The average Bonchev–Trinajstić information content (AvgIpc) is 3.43. The highest BCUT2D eigenvalue weighted by molar-refractivity contribution is 9.10. The predicted molar refractivity (Wildman–Crippen MR) is 172 cm³/mol. The van der Waals surface area contributed by atoms with E-state index in [0.717, 1.165) is 28.2 Å². The van der Waals surface area contributed by atoms with Gasteiger partial charge in [0.05, 0.1) is 30.1 Å². The second-order valence-corrected chi connectivity index (χ2v) is 10.5. The Morgan fingerprint density at radius 3 is 2.42 bits per heavy atom. The standard InChI is InChI=1S/C35H29BrN4O3/c1-3-42-33-19-29(31(36)20-34(33)43-23-28-12-8-7-11-27(28)21-37)22-38-39-35(41)26-14-16-30(17-15-26)40-24(2)13-18-32(40)25-9-5-4-6-10-25/h4-20,22H,3,23H2,1-2H3,(H,39,41)/b38-22+. The lowest BCUT2D eigenvalue weighted by molar-refractivity contribution is 0.0955. The Balaban J connectivity index is 1.27. The first kappa shape index (κ1) is 29.4. The molecule has 5 rings (SSSR count). The molecule has 0 spiro atoms. The third-order valence-corrected chi connectivity index (χ3v) is 7.47. The molecule has 1 aromatic heterocycles. The van der Waals surface area contributed by atoms with Crippen molar-refractivity contribution < 1.29 is 14.3 Å². The van der Waals surface area contributed by atoms with Crippen LogP contribution < -0.4 is 14.9 Å². The van der Waals surface area contributed by atoms with E-state index in [0.29, 0.717) is 39.3 Å². The average molecular weight is 634 g/mol. The number of hydrazone groups is 1. The van der Waals surface area contributed by atoms with Gasteiger partial charge in [0, 0.05) is 32.5 Å². The zero-order chi connectivity index (χ0) is 30.2. The van der Waals surface area contributed by atoms with Crippen LogP contribution in [-0.2, 0) is 6.61 Å². The fourth-order valence-electron chi connectivity index (χ4n) is 4.64. The van der Waals surface area contributed by atoms with Crippen LogP contribution in [-0.4, -0.2) is 23.3 Å². The highest BCUT2D eigenvalue weighted by Gasteiger charge is 2.13. The van der Waals surface area contributed by atoms with Crippen molar-refractivity contribution in [3.8, 4) is 34.5 Å². The number of benzene rings is 4. The van der Waals surface area contributed by atoms with Gasteiger partial charge in [0.15, 0.2) is 11.5 Å². The van der Waals surface area contributed by atoms with E-state index >= 15 is 0 Å². The molecule has 0 atom stereocenters. The molecule has 1 amide bonds. The third-order valence-electron chi connectivity index (χ3n) is 6.79. The number of nitrogens with one attached hydrogen (secondary N) is 1. The second kappa shape index (κ2) is 13.7. The SMILES string of the molecule is CCOc1cc(/C=N/NC(=O)c2ccc(-n3c(C)ccc3-c3ccccc3)cc2)c(Br)cc1OCc1ccccc1C#N. The van der Waals surface area contributed by atoms with Crippen molar-refractivity contribution in [3.05, 3.63) is 136 Å². The van der Waals surface area contributed by atoms with Crippen LogP contribution in [0, 0.1) is 18.3 Å². The molecule has 5 aromatic rings. The summed E-state index contributed by atoms with van der Waals surface area (Å²) < 4.78 is 14.7. The summed E-state index contributed by atoms with van der Waals surface area (Å²) >= 11 is 3.56. The molecule has 0 saturated heterocycles. The Hall–Kier alpha value is -5.13. The first-order chi connectivity index (χ1) is 21.0. The summed E-state index contributed by atoms with van der Waals surface area (Å²) in [6.07, 6.45) is 1.54. The fourth-order valence-corrected chi connectivity index (χ4v) is 5.07. The van der Waals surface area contributed by atoms with Crippen LogP contribution in [0.25, 0.3) is 16.9 Å². The molecule has 0 radical (unpaired) electrons. The summed E-state index contributed by atoms with van der Waals surface area (Å²) in [7, 11) is 0. The maximum absolute atomic E-state index is 12.9. The molecule has 0 saturated carbocycles. The summed E-state index contributed by atoms with van der Waals surface area (Å²) in [5, 5.41) is 13.5. The lowest BCUT2D eigenvalue weighted by Crippen LogP contribution is -2.17. The molecule has 4 aromatic carbocycles. The first-order valence-corrected chi connectivity index (χ1v) is 14.5. The maximum Gasteiger partial charge on any atom is 0.271 e. The number of rotatable bonds is 10. The fraction of sp³-hybridized carbons (Fsp3) is 0.114. The van der Waals surface area contributed by atoms with Crippen LogP contribution in [0.2, 0.25) is 0 Å². The number of carbonyl (C=O) groups excluding carboxylic acids is 1. The number of ether oxygens (including phenoxy) is 2. The van der Waals surface area contributed by atoms with Crippen molar-refractivity contribution in [2.24, 2.45) is 5.10 Å². The van der Waals surface area contributed by atoms with Crippen LogP contribution in [0.15, 0.2) is 113 Å². The number of hydrogen-bond acceptors (Lipinski definition) is 5. The first-order valence-electron chi connectivity index (χ1n) is 13.7. The molecular weight excluding hydrogens is 604 g/mol. The Morgan fingerprint density at radius 1 is 0.953 bits per heavy atom. The topological polar surface area (TPSA) is 88.6 Å². The number of nitriles is 1. The minimum atomic E-state index is -0.326. The Kier molecular flexibility index (Phi) is 9.35. The van der Waals surface area contributed by atoms with Gasteiger partial charge in [0.25, 0.3) is 5.91 Å². The molecule has 8 heteroatoms. The summed E-state index contributed by atoms with van der Waals surface area (Å²) in [5.74, 6) is 0.724. The summed E-state index contributed by atoms with van der Waals surface area (Å²) in [6.45, 7) is 4.60. The molecule has 1 heterocycles. The highest BCUT2D eigenvalue weighted by Crippen LogP contribution is 2.34. The van der Waals surface area contributed by atoms with E-state index < -0.39 is 0 Å². The van der Waals surface area contributed by atoms with Crippen LogP contribution in [0.5, 0.6) is 11.5 Å². The number of halogens is 1. The third kappa shape index (κ3) is 6.85. The van der Waals surface area contributed by atoms with Gasteiger partial charge in [-0.15, -0.1) is 0 Å². The number of aromatic nitrogens is 1. The zero-order valence-electron chi connectivity index (χ0n) is 23.8. The number of nitrogens with zero attached hydrogens (tertiary/aromatic N) is 3. The van der Waals surface area contributed by atoms with E-state index in [1.807, 2.05) is 55.5 Å². The van der Waals surface area contributed by atoms with Crippen LogP contribution >= 0.6 is 15.9 Å². The van der Waals surface area contributed by atoms with Crippen LogP contribution in [0.1, 0.15) is 39.7 Å². The van der Waals surface area contributed by atoms with E-state index in [1.54, 1.807) is 36.5 Å². The number of amides is 1. The smallest absolute Gasteiger partial charge is 0.271 e. The number of hydrogen-bond donors (Lipinski definition) is 1. The Labute approximate surface area is 259 Å². The highest BCUT2D eigenvalue weighted by atomic mass is 79.9. The summed E-state index contributed by atoms with van der Waals surface area (Å²) in [6, 6.07) is 34.9. The van der Waals surface area contributed by atoms with Gasteiger partial charge >= 0.3 is 0 Å². The van der Waals surface area contributed by atoms with Crippen molar-refractivity contribution in [2.45, 2.75) is 20.5 Å². The lowest BCUT2D eigenvalue weighted by atomic mass is 10.1. The van der Waals surface area contributed by atoms with Gasteiger partial charge in [0.2, 0.25) is 0 Å². The largest absolute Gasteiger partial charge is 0.490 e. The second-order valence-electron chi connectivity index (χ2n) is 9.62. The monoisotopic (exact) mass is 632 g/mol. The Morgan fingerprint density at radius 2 is 1.67 bits per heavy atom. The van der Waals surface area contributed by atoms with Crippen molar-refractivity contribution in [1.29, 1.82) is 5.26 Å². The molecule has 43 heavy (non-hydrogen) atoms. The number of aryl methyl sites for hydroxylation is 1. The quantitative estimate of drug-likeness (QED) is 0.125. The minimum absolute atomic E-state index is 0.218. The molecule has 0 bridgehead atoms. The minimum Gasteiger partial charge on any atom is -0.490 e. The molecule has 0 aliphatic rings. The van der Waals surface area contributed by atoms with E-state index in [1.165, 1.54) is 0 Å². The molecule has 0 fully saturated rings. The number of carbonyl (C=O) groups is 1. The summed E-state index contributed by atoms with van der Waals surface area (Å²) in [5.41, 5.74) is 9.40. The maximum atomic E-state index is 12.9. The van der Waals surface area contributed by atoms with Gasteiger partial charge in [-0.25, -0.2) is 5.43 Å². The van der Waals surface area contributed by atoms with E-state index in [9.17, 15) is 10.1 Å². The van der Waals surface area contributed by atoms with Crippen LogP contribution in [0.3, 0.4) is 0 Å². The molecule has 7 nitrogen and oxygen atoms in total. The molecule has 0 aliphatic carbocycles. The molecule has 214 valence electrons. The van der Waals surface area contributed by atoms with Crippen molar-refractivity contribution >= 4 is 28.1 Å². The van der Waals surface area contributed by atoms with Gasteiger partial charge in [-0.2, -0.15) is 10.4 Å². The molecule has 0 aliphatic heterocycles. The predicted octanol–water partition coefficient (Wildman–Crippen LogP) is 7.83. The van der Waals surface area contributed by atoms with Gasteiger partial charge in [-0.05, 0) is 89.9 Å². The van der Waals surface area contributed by atoms with Gasteiger partial charge in [0.1, 0.15) is 6.61 Å². The van der Waals surface area contributed by atoms with Crippen molar-refractivity contribution in [1.82, 2.24) is 9.99 Å². The van der Waals surface area contributed by atoms with Crippen LogP contribution in [0.4, 0.5) is 0 Å². The lowest BCUT2D eigenvalue weighted by Gasteiger charge is -2.14. The van der Waals surface area contributed by atoms with Gasteiger partial charge in [-0.1, -0.05) is 48.5 Å². The van der Waals surface area contributed by atoms with Crippen molar-refractivity contribution in [3.63, 3.8) is 0 Å². The molecule has 1 N–H and O–H groups in total. The Bertz CT molecular complexity index is 1810. The van der Waals surface area contributed by atoms with Crippen molar-refractivity contribution in [2.75, 3.05) is 6.61 Å². The zero-order valence-corrected chi connectivity index (χ0v) is 25.3. The van der Waals surface area contributed by atoms with E-state index in [2.05, 4.69) is 68.3 Å². The van der Waals surface area contributed by atoms with Gasteiger partial charge in [-0.3, -0.25) is 4.79 Å². The van der Waals surface area contributed by atoms with E-state index in [4.69, 9.17) is 9.47 Å². The molecule has 0 unspecified atom stereocenters. The van der Waals surface area contributed by atoms with E-state index in [-0.39, 0.29) is 12.5 Å². The normalized spacial score (nSPS) is 10.8.